The van der Waals surface area contributed by atoms with Crippen LogP contribution in [-0.4, -0.2) is 46.5 Å². The van der Waals surface area contributed by atoms with E-state index in [9.17, 15) is 18.0 Å². The maximum absolute atomic E-state index is 12.1. The highest BCUT2D eigenvalue weighted by molar-refractivity contribution is 7.89. The molecule has 134 valence electrons. The van der Waals surface area contributed by atoms with Crippen LogP contribution < -0.4 is 20.1 Å². The van der Waals surface area contributed by atoms with E-state index in [0.29, 0.717) is 18.9 Å². The van der Waals surface area contributed by atoms with Crippen molar-refractivity contribution in [2.75, 3.05) is 26.2 Å². The molecule has 8 nitrogen and oxygen atoms in total. The third-order valence-electron chi connectivity index (χ3n) is 2.91. The molecule has 0 aliphatic carbocycles. The number of rotatable bonds is 10. The van der Waals surface area contributed by atoms with Crippen molar-refractivity contribution in [3.63, 3.8) is 0 Å². The Morgan fingerprint density at radius 2 is 1.71 bits per heavy atom. The first kappa shape index (κ1) is 19.9. The van der Waals surface area contributed by atoms with E-state index >= 15 is 0 Å². The molecular weight excluding hydrogens is 334 g/mol. The number of ether oxygens (including phenoxy) is 1. The second kappa shape index (κ2) is 9.89. The third-order valence-corrected chi connectivity index (χ3v) is 4.39. The molecule has 0 fully saturated rings. The molecule has 24 heavy (non-hydrogen) atoms. The Labute approximate surface area is 142 Å². The molecule has 9 heteroatoms. The zero-order valence-corrected chi connectivity index (χ0v) is 14.6. The Bertz CT molecular complexity index is 644. The Kier molecular flexibility index (Phi) is 8.20. The quantitative estimate of drug-likeness (QED) is 0.546. The van der Waals surface area contributed by atoms with E-state index in [4.69, 9.17) is 4.74 Å². The van der Waals surface area contributed by atoms with Crippen LogP contribution in [0.25, 0.3) is 0 Å². The summed E-state index contributed by atoms with van der Waals surface area (Å²) in [5.41, 5.74) is 0. The monoisotopic (exact) mass is 357 g/mol. The van der Waals surface area contributed by atoms with Crippen LogP contribution in [0.3, 0.4) is 0 Å². The Morgan fingerprint density at radius 1 is 1.04 bits per heavy atom. The van der Waals surface area contributed by atoms with E-state index < -0.39 is 15.9 Å². The molecule has 0 atom stereocenters. The standard InChI is InChI=1S/C15H23N3O5S/c1-3-16-15(20)11-17-14(19)9-10-18-24(21,22)13-7-5-12(6-8-13)23-4-2/h5-8,18H,3-4,9-11H2,1-2H3,(H,16,20)(H,17,19). The summed E-state index contributed by atoms with van der Waals surface area (Å²) in [7, 11) is -3.69. The van der Waals surface area contributed by atoms with Gasteiger partial charge in [-0.2, -0.15) is 0 Å². The molecular formula is C15H23N3O5S. The lowest BCUT2D eigenvalue weighted by molar-refractivity contribution is -0.125. The number of amides is 2. The fraction of sp³-hybridized carbons (Fsp3) is 0.467. The minimum Gasteiger partial charge on any atom is -0.494 e. The van der Waals surface area contributed by atoms with E-state index in [1.54, 1.807) is 19.1 Å². The molecule has 0 aromatic heterocycles. The van der Waals surface area contributed by atoms with Gasteiger partial charge in [-0.1, -0.05) is 0 Å². The highest BCUT2D eigenvalue weighted by atomic mass is 32.2. The molecule has 0 saturated heterocycles. The van der Waals surface area contributed by atoms with Crippen molar-refractivity contribution in [2.24, 2.45) is 0 Å². The summed E-state index contributed by atoms with van der Waals surface area (Å²) in [6, 6.07) is 6.00. The number of hydrogen-bond acceptors (Lipinski definition) is 5. The van der Waals surface area contributed by atoms with Crippen LogP contribution in [0, 0.1) is 0 Å². The first-order valence-electron chi connectivity index (χ1n) is 7.65. The minimum atomic E-state index is -3.69. The Hall–Kier alpha value is -2.13. The number of benzene rings is 1. The smallest absolute Gasteiger partial charge is 0.240 e. The van der Waals surface area contributed by atoms with Crippen LogP contribution in [-0.2, 0) is 19.6 Å². The third kappa shape index (κ3) is 6.97. The second-order valence-corrected chi connectivity index (χ2v) is 6.55. The lowest BCUT2D eigenvalue weighted by atomic mass is 10.3. The number of likely N-dealkylation sites (N-methyl/N-ethyl adjacent to an activating group) is 1. The van der Waals surface area contributed by atoms with E-state index in [1.165, 1.54) is 12.1 Å². The van der Waals surface area contributed by atoms with Gasteiger partial charge in [0.1, 0.15) is 5.75 Å². The average Bonchev–Trinajstić information content (AvgIpc) is 2.54. The maximum Gasteiger partial charge on any atom is 0.240 e. The highest BCUT2D eigenvalue weighted by Crippen LogP contribution is 2.15. The van der Waals surface area contributed by atoms with Crippen LogP contribution in [0.5, 0.6) is 5.75 Å². The van der Waals surface area contributed by atoms with E-state index in [0.717, 1.165) is 0 Å². The summed E-state index contributed by atoms with van der Waals surface area (Å²) < 4.78 is 31.8. The topological polar surface area (TPSA) is 114 Å². The first-order valence-corrected chi connectivity index (χ1v) is 9.13. The van der Waals surface area contributed by atoms with Gasteiger partial charge in [0.15, 0.2) is 0 Å². The SMILES string of the molecule is CCNC(=O)CNC(=O)CCNS(=O)(=O)c1ccc(OCC)cc1. The normalized spacial score (nSPS) is 10.9. The molecule has 0 aliphatic rings. The number of hydrogen-bond donors (Lipinski definition) is 3. The molecule has 0 aliphatic heterocycles. The number of nitrogens with one attached hydrogen (secondary N) is 3. The molecule has 1 aromatic rings. The van der Waals surface area contributed by atoms with Crippen LogP contribution in [0.1, 0.15) is 20.3 Å². The lowest BCUT2D eigenvalue weighted by Gasteiger charge is -2.08. The van der Waals surface area contributed by atoms with Gasteiger partial charge in [0.05, 0.1) is 18.0 Å². The predicted molar refractivity (Wildman–Crippen MR) is 89.1 cm³/mol. The van der Waals surface area contributed by atoms with Crippen molar-refractivity contribution in [1.82, 2.24) is 15.4 Å². The first-order chi connectivity index (χ1) is 11.4. The summed E-state index contributed by atoms with van der Waals surface area (Å²) in [5, 5.41) is 4.95. The minimum absolute atomic E-state index is 0.0588. The lowest BCUT2D eigenvalue weighted by Crippen LogP contribution is -2.38. The van der Waals surface area contributed by atoms with Crippen LogP contribution in [0.15, 0.2) is 29.2 Å². The summed E-state index contributed by atoms with van der Waals surface area (Å²) in [5.74, 6) is -0.113. The molecule has 0 saturated carbocycles. The average molecular weight is 357 g/mol. The largest absolute Gasteiger partial charge is 0.494 e. The number of sulfonamides is 1. The molecule has 0 radical (unpaired) electrons. The molecule has 0 unspecified atom stereocenters. The molecule has 0 spiro atoms. The zero-order valence-electron chi connectivity index (χ0n) is 13.8. The van der Waals surface area contributed by atoms with E-state index in [-0.39, 0.29) is 30.3 Å². The van der Waals surface area contributed by atoms with Crippen LogP contribution in [0.4, 0.5) is 0 Å². The van der Waals surface area contributed by atoms with Gasteiger partial charge in [-0.3, -0.25) is 9.59 Å². The van der Waals surface area contributed by atoms with Crippen LogP contribution in [0.2, 0.25) is 0 Å². The van der Waals surface area contributed by atoms with Crippen molar-refractivity contribution in [3.8, 4) is 5.75 Å². The van der Waals surface area contributed by atoms with Gasteiger partial charge in [-0.25, -0.2) is 13.1 Å². The maximum atomic E-state index is 12.1. The predicted octanol–water partition coefficient (Wildman–Crippen LogP) is 0.00600. The molecule has 0 heterocycles. The summed E-state index contributed by atoms with van der Waals surface area (Å²) in [6.45, 7) is 4.40. The molecule has 0 bridgehead atoms. The van der Waals surface area contributed by atoms with Crippen molar-refractivity contribution in [2.45, 2.75) is 25.2 Å². The van der Waals surface area contributed by atoms with Crippen LogP contribution >= 0.6 is 0 Å². The molecule has 2 amide bonds. The van der Waals surface area contributed by atoms with Crippen molar-refractivity contribution >= 4 is 21.8 Å². The summed E-state index contributed by atoms with van der Waals surface area (Å²) in [4.78, 5) is 22.8. The summed E-state index contributed by atoms with van der Waals surface area (Å²) >= 11 is 0. The van der Waals surface area contributed by atoms with Gasteiger partial charge in [-0.15, -0.1) is 0 Å². The molecule has 1 rings (SSSR count). The Morgan fingerprint density at radius 3 is 2.29 bits per heavy atom. The van der Waals surface area contributed by atoms with Crippen molar-refractivity contribution < 1.29 is 22.7 Å². The highest BCUT2D eigenvalue weighted by Gasteiger charge is 2.14. The fourth-order valence-corrected chi connectivity index (χ4v) is 2.82. The van der Waals surface area contributed by atoms with Gasteiger partial charge in [-0.05, 0) is 38.1 Å². The Balaban J connectivity index is 2.42. The van der Waals surface area contributed by atoms with Crippen molar-refractivity contribution in [1.29, 1.82) is 0 Å². The zero-order chi connectivity index (χ0) is 18.0. The van der Waals surface area contributed by atoms with Gasteiger partial charge < -0.3 is 15.4 Å². The van der Waals surface area contributed by atoms with E-state index in [1.807, 2.05) is 6.92 Å². The number of carbonyl (C=O) groups is 2. The summed E-state index contributed by atoms with van der Waals surface area (Å²) in [6.07, 6.45) is -0.0599. The van der Waals surface area contributed by atoms with Crippen molar-refractivity contribution in [3.05, 3.63) is 24.3 Å². The van der Waals surface area contributed by atoms with E-state index in [2.05, 4.69) is 15.4 Å². The van der Waals surface area contributed by atoms with Gasteiger partial charge >= 0.3 is 0 Å². The van der Waals surface area contributed by atoms with Gasteiger partial charge in [0, 0.05) is 19.5 Å². The van der Waals surface area contributed by atoms with Gasteiger partial charge in [0.25, 0.3) is 0 Å². The number of carbonyl (C=O) groups excluding carboxylic acids is 2. The second-order valence-electron chi connectivity index (χ2n) is 4.78. The van der Waals surface area contributed by atoms with Gasteiger partial charge in [0.2, 0.25) is 21.8 Å². The molecule has 3 N–H and O–H groups in total. The fourth-order valence-electron chi connectivity index (χ4n) is 1.79. The molecule has 1 aromatic carbocycles.